The van der Waals surface area contributed by atoms with Crippen molar-refractivity contribution in [2.75, 3.05) is 13.2 Å². The molecule has 0 saturated heterocycles. The van der Waals surface area contributed by atoms with Crippen molar-refractivity contribution < 1.29 is 33.2 Å². The van der Waals surface area contributed by atoms with Gasteiger partial charge in [-0.05, 0) is 6.42 Å². The fourth-order valence-electron chi connectivity index (χ4n) is 4.50. The lowest BCUT2D eigenvalue weighted by atomic mass is 10.0. The van der Waals surface area contributed by atoms with Crippen LogP contribution in [0.15, 0.2) is 30.6 Å². The second kappa shape index (κ2) is 24.6. The molecular weight excluding hydrogens is 494 g/mol. The molecule has 0 amide bonds. The van der Waals surface area contributed by atoms with E-state index in [-0.39, 0.29) is 31.6 Å². The molecule has 0 aliphatic carbocycles. The summed E-state index contributed by atoms with van der Waals surface area (Å²) in [6.07, 6.45) is 23.5. The van der Waals surface area contributed by atoms with E-state index in [9.17, 15) is 14.4 Å². The summed E-state index contributed by atoms with van der Waals surface area (Å²) in [6.45, 7) is 4.02. The van der Waals surface area contributed by atoms with Crippen molar-refractivity contribution in [3.63, 3.8) is 0 Å². The zero-order valence-electron chi connectivity index (χ0n) is 24.7. The smallest absolute Gasteiger partial charge is 0.306 e. The van der Waals surface area contributed by atoms with Crippen molar-refractivity contribution in [1.29, 1.82) is 0 Å². The number of carbonyl (C=O) groups is 3. The van der Waals surface area contributed by atoms with Gasteiger partial charge in [-0.25, -0.2) is 4.57 Å². The summed E-state index contributed by atoms with van der Waals surface area (Å²) >= 11 is 0. The van der Waals surface area contributed by atoms with Crippen molar-refractivity contribution in [3.8, 4) is 0 Å². The standard InChI is InChI=1S/C32H54NO6/c1-3-4-5-6-7-8-9-10-11-12-13-14-15-16-18-22-31(35)37-27-30(39-29(2)34)28-38-32(36)23-21-26-33-24-19-17-20-25-33/h17,19-20,24-25,30H,3-16,18,21-23,26-28H2,1-2H3/q+1/t30-/m0/s1. The summed E-state index contributed by atoms with van der Waals surface area (Å²) in [5.41, 5.74) is 0. The van der Waals surface area contributed by atoms with Crippen LogP contribution in [0.3, 0.4) is 0 Å². The van der Waals surface area contributed by atoms with Crippen molar-refractivity contribution in [3.05, 3.63) is 30.6 Å². The molecule has 0 radical (unpaired) electrons. The maximum atomic E-state index is 12.1. The molecule has 0 unspecified atom stereocenters. The molecule has 0 fully saturated rings. The van der Waals surface area contributed by atoms with Crippen LogP contribution in [0.2, 0.25) is 0 Å². The van der Waals surface area contributed by atoms with E-state index in [1.807, 2.05) is 35.2 Å². The van der Waals surface area contributed by atoms with Crippen LogP contribution in [0.4, 0.5) is 0 Å². The van der Waals surface area contributed by atoms with Gasteiger partial charge >= 0.3 is 17.9 Å². The van der Waals surface area contributed by atoms with E-state index >= 15 is 0 Å². The third-order valence-electron chi connectivity index (χ3n) is 6.75. The molecule has 0 saturated carbocycles. The van der Waals surface area contributed by atoms with E-state index in [0.717, 1.165) is 19.3 Å². The minimum absolute atomic E-state index is 0.107. The highest BCUT2D eigenvalue weighted by Crippen LogP contribution is 2.14. The minimum Gasteiger partial charge on any atom is -0.462 e. The fraction of sp³-hybridized carbons (Fsp3) is 0.750. The Bertz CT molecular complexity index is 754. The predicted octanol–water partition coefficient (Wildman–Crippen LogP) is 7.03. The number of pyridine rings is 1. The van der Waals surface area contributed by atoms with Gasteiger partial charge in [0.25, 0.3) is 0 Å². The molecule has 1 heterocycles. The van der Waals surface area contributed by atoms with Crippen molar-refractivity contribution in [2.45, 2.75) is 142 Å². The second-order valence-electron chi connectivity index (χ2n) is 10.5. The van der Waals surface area contributed by atoms with Gasteiger partial charge in [-0.3, -0.25) is 14.4 Å². The van der Waals surface area contributed by atoms with E-state index in [4.69, 9.17) is 14.2 Å². The van der Waals surface area contributed by atoms with Crippen LogP contribution in [-0.2, 0) is 35.1 Å². The molecule has 0 N–H and O–H groups in total. The molecule has 1 aromatic heterocycles. The van der Waals surface area contributed by atoms with Gasteiger partial charge in [0.2, 0.25) is 0 Å². The van der Waals surface area contributed by atoms with Gasteiger partial charge in [0.1, 0.15) is 19.8 Å². The monoisotopic (exact) mass is 548 g/mol. The number of aromatic nitrogens is 1. The number of ether oxygens (including phenoxy) is 3. The summed E-state index contributed by atoms with van der Waals surface area (Å²) in [5, 5.41) is 0. The lowest BCUT2D eigenvalue weighted by Crippen LogP contribution is -2.33. The Morgan fingerprint density at radius 2 is 1.05 bits per heavy atom. The molecule has 222 valence electrons. The Hall–Kier alpha value is -2.44. The molecule has 0 aliphatic heterocycles. The average Bonchev–Trinajstić information content (AvgIpc) is 2.92. The first-order valence-electron chi connectivity index (χ1n) is 15.4. The van der Waals surface area contributed by atoms with Gasteiger partial charge in [-0.15, -0.1) is 0 Å². The van der Waals surface area contributed by atoms with Crippen molar-refractivity contribution in [2.24, 2.45) is 0 Å². The number of unbranched alkanes of at least 4 members (excludes halogenated alkanes) is 14. The third-order valence-corrected chi connectivity index (χ3v) is 6.75. The predicted molar refractivity (Wildman–Crippen MR) is 153 cm³/mol. The van der Waals surface area contributed by atoms with Gasteiger partial charge in [-0.1, -0.05) is 103 Å². The molecule has 0 bridgehead atoms. The first-order chi connectivity index (χ1) is 19.0. The number of hydrogen-bond donors (Lipinski definition) is 0. The van der Waals surface area contributed by atoms with E-state index in [0.29, 0.717) is 19.4 Å². The quantitative estimate of drug-likeness (QED) is 0.0564. The molecule has 0 aliphatic rings. The zero-order chi connectivity index (χ0) is 28.4. The molecule has 39 heavy (non-hydrogen) atoms. The molecule has 0 spiro atoms. The average molecular weight is 549 g/mol. The fourth-order valence-corrected chi connectivity index (χ4v) is 4.50. The Kier molecular flexibility index (Phi) is 21.8. The molecule has 1 atom stereocenters. The van der Waals surface area contributed by atoms with E-state index in [1.165, 1.54) is 84.0 Å². The molecule has 7 nitrogen and oxygen atoms in total. The SMILES string of the molecule is CCCCCCCCCCCCCCCCCC(=O)OC[C@@H](COC(=O)CCC[n+]1ccccc1)OC(C)=O. The van der Waals surface area contributed by atoms with Crippen LogP contribution in [0, 0.1) is 0 Å². The Labute approximate surface area is 237 Å². The van der Waals surface area contributed by atoms with Crippen LogP contribution in [0.25, 0.3) is 0 Å². The van der Waals surface area contributed by atoms with Crippen LogP contribution in [0.5, 0.6) is 0 Å². The zero-order valence-corrected chi connectivity index (χ0v) is 24.7. The van der Waals surface area contributed by atoms with E-state index in [1.54, 1.807) is 0 Å². The summed E-state index contributed by atoms with van der Waals surface area (Å²) in [7, 11) is 0. The van der Waals surface area contributed by atoms with E-state index < -0.39 is 12.1 Å². The van der Waals surface area contributed by atoms with Crippen LogP contribution in [0.1, 0.15) is 129 Å². The topological polar surface area (TPSA) is 82.8 Å². The maximum absolute atomic E-state index is 12.1. The summed E-state index contributed by atoms with van der Waals surface area (Å²) < 4.78 is 17.7. The van der Waals surface area contributed by atoms with Gasteiger partial charge in [0, 0.05) is 31.9 Å². The largest absolute Gasteiger partial charge is 0.462 e. The van der Waals surface area contributed by atoms with Crippen LogP contribution >= 0.6 is 0 Å². The van der Waals surface area contributed by atoms with Gasteiger partial charge < -0.3 is 14.2 Å². The number of hydrogen-bond acceptors (Lipinski definition) is 6. The van der Waals surface area contributed by atoms with Crippen molar-refractivity contribution in [1.82, 2.24) is 0 Å². The van der Waals surface area contributed by atoms with Gasteiger partial charge in [0.15, 0.2) is 18.5 Å². The highest BCUT2D eigenvalue weighted by Gasteiger charge is 2.18. The number of aryl methyl sites for hydroxylation is 1. The number of nitrogens with zero attached hydrogens (tertiary/aromatic N) is 1. The highest BCUT2D eigenvalue weighted by atomic mass is 16.6. The molecule has 1 aromatic rings. The lowest BCUT2D eigenvalue weighted by Gasteiger charge is -2.17. The lowest BCUT2D eigenvalue weighted by molar-refractivity contribution is -0.697. The van der Waals surface area contributed by atoms with Crippen LogP contribution < -0.4 is 4.57 Å². The Morgan fingerprint density at radius 1 is 0.615 bits per heavy atom. The summed E-state index contributed by atoms with van der Waals surface area (Å²) in [5.74, 6) is -1.18. The Balaban J connectivity index is 2.02. The second-order valence-corrected chi connectivity index (χ2v) is 10.5. The molecule has 7 heteroatoms. The highest BCUT2D eigenvalue weighted by molar-refractivity contribution is 5.70. The molecular formula is C32H54NO6+. The summed E-state index contributed by atoms with van der Waals surface area (Å²) in [4.78, 5) is 35.6. The first kappa shape index (κ1) is 34.6. The normalized spacial score (nSPS) is 11.6. The summed E-state index contributed by atoms with van der Waals surface area (Å²) in [6, 6.07) is 5.81. The number of rotatable bonds is 25. The number of carbonyl (C=O) groups excluding carboxylic acids is 3. The first-order valence-corrected chi connectivity index (χ1v) is 15.4. The van der Waals surface area contributed by atoms with E-state index in [2.05, 4.69) is 6.92 Å². The van der Waals surface area contributed by atoms with Gasteiger partial charge in [-0.2, -0.15) is 0 Å². The van der Waals surface area contributed by atoms with Crippen LogP contribution in [-0.4, -0.2) is 37.2 Å². The Morgan fingerprint density at radius 3 is 1.51 bits per heavy atom. The molecule has 1 rings (SSSR count). The van der Waals surface area contributed by atoms with Crippen molar-refractivity contribution >= 4 is 17.9 Å². The number of esters is 3. The molecule has 0 aromatic carbocycles. The van der Waals surface area contributed by atoms with Gasteiger partial charge in [0.05, 0.1) is 6.42 Å². The maximum Gasteiger partial charge on any atom is 0.306 e. The third kappa shape index (κ3) is 22.1. The minimum atomic E-state index is -0.792.